The van der Waals surface area contributed by atoms with Gasteiger partial charge in [0.25, 0.3) is 5.69 Å². The van der Waals surface area contributed by atoms with Crippen LogP contribution < -0.4 is 5.32 Å². The smallest absolute Gasteiger partial charge is 0.272 e. The van der Waals surface area contributed by atoms with Gasteiger partial charge in [-0.1, -0.05) is 0 Å². The van der Waals surface area contributed by atoms with Crippen molar-refractivity contribution in [2.45, 2.75) is 5.75 Å². The van der Waals surface area contributed by atoms with Crippen molar-refractivity contribution in [3.05, 3.63) is 39.7 Å². The third kappa shape index (κ3) is 3.41. The Morgan fingerprint density at radius 2 is 2.24 bits per heavy atom. The molecule has 1 saturated heterocycles. The largest absolute Gasteiger partial charge is 0.316 e. The van der Waals surface area contributed by atoms with E-state index < -0.39 is 10.7 Å². The van der Waals surface area contributed by atoms with Crippen LogP contribution in [-0.2, 0) is 5.75 Å². The fraction of sp³-hybridized carbons (Fsp3) is 0.455. The van der Waals surface area contributed by atoms with Crippen LogP contribution in [0.25, 0.3) is 0 Å². The molecule has 92 valence electrons. The van der Waals surface area contributed by atoms with Gasteiger partial charge in [-0.3, -0.25) is 10.1 Å². The van der Waals surface area contributed by atoms with Crippen LogP contribution in [0.2, 0.25) is 0 Å². The molecule has 0 atom stereocenters. The minimum Gasteiger partial charge on any atom is -0.316 e. The van der Waals surface area contributed by atoms with Crippen LogP contribution in [0.4, 0.5) is 10.1 Å². The van der Waals surface area contributed by atoms with Crippen molar-refractivity contribution in [2.75, 3.05) is 18.8 Å². The van der Waals surface area contributed by atoms with Crippen LogP contribution in [0.5, 0.6) is 0 Å². The summed E-state index contributed by atoms with van der Waals surface area (Å²) in [4.78, 5) is 10.0. The van der Waals surface area contributed by atoms with E-state index in [1.54, 1.807) is 11.8 Å². The Labute approximate surface area is 103 Å². The van der Waals surface area contributed by atoms with Gasteiger partial charge in [0.2, 0.25) is 0 Å². The first kappa shape index (κ1) is 12.3. The summed E-state index contributed by atoms with van der Waals surface area (Å²) in [5.41, 5.74) is 0.500. The Hall–Kier alpha value is -1.14. The molecule has 4 nitrogen and oxygen atoms in total. The summed E-state index contributed by atoms with van der Waals surface area (Å²) in [6.45, 7) is 2.08. The van der Waals surface area contributed by atoms with Crippen molar-refractivity contribution in [3.63, 3.8) is 0 Å². The van der Waals surface area contributed by atoms with Crippen molar-refractivity contribution in [1.82, 2.24) is 5.32 Å². The van der Waals surface area contributed by atoms with Gasteiger partial charge < -0.3 is 5.32 Å². The average Bonchev–Trinajstić information content (AvgIpc) is 2.21. The van der Waals surface area contributed by atoms with Gasteiger partial charge >= 0.3 is 0 Å². The Balaban J connectivity index is 1.92. The van der Waals surface area contributed by atoms with E-state index >= 15 is 0 Å². The number of nitrogens with one attached hydrogen (secondary N) is 1. The first-order valence-corrected chi connectivity index (χ1v) is 6.53. The van der Waals surface area contributed by atoms with Crippen molar-refractivity contribution >= 4 is 17.4 Å². The summed E-state index contributed by atoms with van der Waals surface area (Å²) in [5, 5.41) is 13.7. The van der Waals surface area contributed by atoms with E-state index in [2.05, 4.69) is 5.32 Å². The van der Waals surface area contributed by atoms with Gasteiger partial charge in [-0.05, 0) is 36.4 Å². The maximum absolute atomic E-state index is 13.1. The molecule has 1 fully saturated rings. The number of non-ortho nitro benzene ring substituents is 1. The highest BCUT2D eigenvalue weighted by atomic mass is 32.2. The lowest BCUT2D eigenvalue weighted by Crippen LogP contribution is -2.43. The van der Waals surface area contributed by atoms with Gasteiger partial charge in [-0.2, -0.15) is 11.8 Å². The fourth-order valence-electron chi connectivity index (χ4n) is 1.63. The van der Waals surface area contributed by atoms with Crippen LogP contribution in [0, 0.1) is 21.8 Å². The molecule has 0 aromatic heterocycles. The van der Waals surface area contributed by atoms with Gasteiger partial charge in [0.1, 0.15) is 5.82 Å². The van der Waals surface area contributed by atoms with Crippen molar-refractivity contribution in [3.8, 4) is 0 Å². The molecular weight excluding hydrogens is 243 g/mol. The van der Waals surface area contributed by atoms with E-state index in [4.69, 9.17) is 0 Å². The number of nitro groups is 1. The third-order valence-electron chi connectivity index (χ3n) is 2.64. The Kier molecular flexibility index (Phi) is 3.96. The molecule has 0 aliphatic carbocycles. The summed E-state index contributed by atoms with van der Waals surface area (Å²) in [6, 6.07) is 3.75. The summed E-state index contributed by atoms with van der Waals surface area (Å²) >= 11 is 1.69. The van der Waals surface area contributed by atoms with Gasteiger partial charge in [-0.15, -0.1) is 0 Å². The zero-order valence-corrected chi connectivity index (χ0v) is 10.0. The number of nitro benzene ring substituents is 1. The standard InChI is InChI=1S/C11H13FN2O2S/c12-10-1-8(2-11(3-10)14(15)16)6-17-7-9-4-13-5-9/h1-3,9,13H,4-7H2. The number of benzene rings is 1. The average molecular weight is 256 g/mol. The first-order chi connectivity index (χ1) is 8.15. The second kappa shape index (κ2) is 5.46. The first-order valence-electron chi connectivity index (χ1n) is 5.37. The fourth-order valence-corrected chi connectivity index (χ4v) is 2.72. The molecule has 0 saturated carbocycles. The highest BCUT2D eigenvalue weighted by Crippen LogP contribution is 2.22. The number of hydrogen-bond donors (Lipinski definition) is 1. The highest BCUT2D eigenvalue weighted by molar-refractivity contribution is 7.98. The third-order valence-corrected chi connectivity index (χ3v) is 3.89. The van der Waals surface area contributed by atoms with E-state index in [-0.39, 0.29) is 5.69 Å². The van der Waals surface area contributed by atoms with Gasteiger partial charge in [0.05, 0.1) is 11.0 Å². The highest BCUT2D eigenvalue weighted by Gasteiger charge is 2.16. The lowest BCUT2D eigenvalue weighted by Gasteiger charge is -2.26. The van der Waals surface area contributed by atoms with E-state index in [1.165, 1.54) is 12.1 Å². The lowest BCUT2D eigenvalue weighted by molar-refractivity contribution is -0.385. The van der Waals surface area contributed by atoms with Crippen LogP contribution in [0.15, 0.2) is 18.2 Å². The van der Waals surface area contributed by atoms with E-state index in [0.29, 0.717) is 17.2 Å². The molecule has 0 bridgehead atoms. The molecule has 0 spiro atoms. The maximum Gasteiger partial charge on any atom is 0.272 e. The monoisotopic (exact) mass is 256 g/mol. The SMILES string of the molecule is O=[N+]([O-])c1cc(F)cc(CSCC2CNC2)c1. The van der Waals surface area contributed by atoms with Crippen LogP contribution >= 0.6 is 11.8 Å². The summed E-state index contributed by atoms with van der Waals surface area (Å²) in [5.74, 6) is 1.77. The molecule has 0 unspecified atom stereocenters. The van der Waals surface area contributed by atoms with Gasteiger partial charge in [0, 0.05) is 11.8 Å². The molecule has 1 aromatic carbocycles. The molecule has 17 heavy (non-hydrogen) atoms. The summed E-state index contributed by atoms with van der Waals surface area (Å²) in [6.07, 6.45) is 0. The maximum atomic E-state index is 13.1. The second-order valence-corrected chi connectivity index (χ2v) is 5.14. The minimum absolute atomic E-state index is 0.175. The van der Waals surface area contributed by atoms with Crippen LogP contribution in [0.1, 0.15) is 5.56 Å². The number of thioether (sulfide) groups is 1. The Morgan fingerprint density at radius 3 is 2.82 bits per heavy atom. The molecule has 0 amide bonds. The van der Waals surface area contributed by atoms with Gasteiger partial charge in [0.15, 0.2) is 0 Å². The number of halogens is 1. The molecule has 1 aliphatic heterocycles. The normalized spacial score (nSPS) is 15.6. The summed E-state index contributed by atoms with van der Waals surface area (Å²) in [7, 11) is 0. The lowest BCUT2D eigenvalue weighted by atomic mass is 10.1. The molecule has 1 aromatic rings. The molecule has 1 heterocycles. The Bertz CT molecular complexity index is 424. The quantitative estimate of drug-likeness (QED) is 0.648. The van der Waals surface area contributed by atoms with Crippen molar-refractivity contribution in [1.29, 1.82) is 0 Å². The zero-order chi connectivity index (χ0) is 12.3. The molecule has 1 aliphatic rings. The van der Waals surface area contributed by atoms with Crippen LogP contribution in [0.3, 0.4) is 0 Å². The minimum atomic E-state index is -0.562. The molecule has 6 heteroatoms. The van der Waals surface area contributed by atoms with Gasteiger partial charge in [-0.25, -0.2) is 4.39 Å². The molecule has 1 N–H and O–H groups in total. The summed E-state index contributed by atoms with van der Waals surface area (Å²) < 4.78 is 13.1. The molecular formula is C11H13FN2O2S. The molecule has 2 rings (SSSR count). The predicted molar refractivity (Wildman–Crippen MR) is 65.6 cm³/mol. The number of hydrogen-bond acceptors (Lipinski definition) is 4. The van der Waals surface area contributed by atoms with E-state index in [9.17, 15) is 14.5 Å². The second-order valence-electron chi connectivity index (χ2n) is 4.11. The topological polar surface area (TPSA) is 55.2 Å². The predicted octanol–water partition coefficient (Wildman–Crippen LogP) is 2.19. The Morgan fingerprint density at radius 1 is 1.47 bits per heavy atom. The number of nitrogens with zero attached hydrogens (tertiary/aromatic N) is 1. The van der Waals surface area contributed by atoms with E-state index in [0.717, 1.165) is 24.9 Å². The molecule has 0 radical (unpaired) electrons. The number of rotatable bonds is 5. The zero-order valence-electron chi connectivity index (χ0n) is 9.19. The van der Waals surface area contributed by atoms with E-state index in [1.807, 2.05) is 0 Å². The van der Waals surface area contributed by atoms with Crippen LogP contribution in [-0.4, -0.2) is 23.8 Å². The van der Waals surface area contributed by atoms with Crippen molar-refractivity contribution in [2.24, 2.45) is 5.92 Å². The van der Waals surface area contributed by atoms with Crippen molar-refractivity contribution < 1.29 is 9.31 Å².